The molecule has 0 spiro atoms. The average Bonchev–Trinajstić information content (AvgIpc) is 2.48. The molecule has 0 aliphatic carbocycles. The molecule has 0 saturated carbocycles. The van der Waals surface area contributed by atoms with Crippen LogP contribution in [0.3, 0.4) is 0 Å². The Hall–Kier alpha value is -1.92. The number of carbonyl (C=O) groups excluding carboxylic acids is 2. The highest BCUT2D eigenvalue weighted by Gasteiger charge is 2.05. The summed E-state index contributed by atoms with van der Waals surface area (Å²) in [5, 5.41) is 13.8. The van der Waals surface area contributed by atoms with Gasteiger partial charge in [-0.05, 0) is 12.1 Å². The van der Waals surface area contributed by atoms with Gasteiger partial charge in [-0.15, -0.1) is 0 Å². The summed E-state index contributed by atoms with van der Waals surface area (Å²) >= 11 is 0. The molecule has 0 aromatic heterocycles. The quantitative estimate of drug-likeness (QED) is 0.553. The molecule has 0 saturated heterocycles. The molecule has 0 unspecified atom stereocenters. The third-order valence-corrected chi connectivity index (χ3v) is 2.48. The summed E-state index contributed by atoms with van der Waals surface area (Å²) in [6.07, 6.45) is 0.221. The zero-order valence-electron chi connectivity index (χ0n) is 11.3. The Bertz CT molecular complexity index is 409. The van der Waals surface area contributed by atoms with Gasteiger partial charge in [-0.1, -0.05) is 18.2 Å². The molecule has 3 N–H and O–H groups in total. The predicted octanol–water partition coefficient (Wildman–Crippen LogP) is -0.0684. The fraction of sp³-hybridized carbons (Fsp3) is 0.429. The number of amides is 2. The average molecular weight is 280 g/mol. The van der Waals surface area contributed by atoms with Crippen LogP contribution in [-0.4, -0.2) is 49.8 Å². The predicted molar refractivity (Wildman–Crippen MR) is 74.3 cm³/mol. The molecular formula is C14H20N2O4. The first-order chi connectivity index (χ1) is 9.74. The summed E-state index contributed by atoms with van der Waals surface area (Å²) in [5.74, 6) is -0.337. The first-order valence-corrected chi connectivity index (χ1v) is 6.52. The molecular weight excluding hydrogens is 260 g/mol. The number of hydrogen-bond acceptors (Lipinski definition) is 4. The normalized spacial score (nSPS) is 10.1. The van der Waals surface area contributed by atoms with Gasteiger partial charge in [-0.3, -0.25) is 9.59 Å². The van der Waals surface area contributed by atoms with Crippen molar-refractivity contribution in [1.82, 2.24) is 10.6 Å². The molecule has 0 radical (unpaired) electrons. The zero-order valence-corrected chi connectivity index (χ0v) is 11.3. The van der Waals surface area contributed by atoms with Gasteiger partial charge in [0.05, 0.1) is 19.8 Å². The molecule has 0 atom stereocenters. The van der Waals surface area contributed by atoms with Crippen molar-refractivity contribution >= 4 is 11.8 Å². The zero-order chi connectivity index (χ0) is 14.6. The Kier molecular flexibility index (Phi) is 8.02. The minimum atomic E-state index is -0.190. The maximum atomic E-state index is 11.7. The number of benzene rings is 1. The molecule has 110 valence electrons. The van der Waals surface area contributed by atoms with Gasteiger partial charge in [-0.2, -0.15) is 0 Å². The molecule has 6 heteroatoms. The molecule has 1 aromatic rings. The minimum absolute atomic E-state index is 0.0283. The molecule has 0 heterocycles. The van der Waals surface area contributed by atoms with E-state index in [1.165, 1.54) is 0 Å². The first kappa shape index (κ1) is 16.1. The highest BCUT2D eigenvalue weighted by molar-refractivity contribution is 5.94. The second kappa shape index (κ2) is 9.94. The molecule has 6 nitrogen and oxygen atoms in total. The Labute approximate surface area is 118 Å². The molecule has 20 heavy (non-hydrogen) atoms. The van der Waals surface area contributed by atoms with Gasteiger partial charge in [-0.25, -0.2) is 0 Å². The molecule has 1 rings (SSSR count). The molecule has 1 aromatic carbocycles. The molecule has 0 bridgehead atoms. The summed E-state index contributed by atoms with van der Waals surface area (Å²) in [4.78, 5) is 23.1. The Balaban J connectivity index is 2.08. The lowest BCUT2D eigenvalue weighted by atomic mass is 10.2. The molecule has 0 fully saturated rings. The van der Waals surface area contributed by atoms with Crippen LogP contribution >= 0.6 is 0 Å². The van der Waals surface area contributed by atoms with E-state index in [9.17, 15) is 9.59 Å². The molecule has 2 amide bonds. The van der Waals surface area contributed by atoms with Crippen molar-refractivity contribution in [2.24, 2.45) is 0 Å². The summed E-state index contributed by atoms with van der Waals surface area (Å²) < 4.78 is 5.00. The van der Waals surface area contributed by atoms with E-state index in [-0.39, 0.29) is 38.0 Å². The Morgan fingerprint density at radius 2 is 1.80 bits per heavy atom. The van der Waals surface area contributed by atoms with Gasteiger partial charge >= 0.3 is 0 Å². The summed E-state index contributed by atoms with van der Waals surface area (Å²) in [5.41, 5.74) is 0.574. The summed E-state index contributed by atoms with van der Waals surface area (Å²) in [6, 6.07) is 8.84. The van der Waals surface area contributed by atoms with Crippen molar-refractivity contribution in [3.05, 3.63) is 35.9 Å². The largest absolute Gasteiger partial charge is 0.394 e. The number of hydrogen-bond donors (Lipinski definition) is 3. The lowest BCUT2D eigenvalue weighted by Crippen LogP contribution is -2.32. The van der Waals surface area contributed by atoms with Crippen LogP contribution in [0.4, 0.5) is 0 Å². The van der Waals surface area contributed by atoms with Gasteiger partial charge < -0.3 is 20.5 Å². The smallest absolute Gasteiger partial charge is 0.251 e. The van der Waals surface area contributed by atoms with Crippen molar-refractivity contribution < 1.29 is 19.4 Å². The van der Waals surface area contributed by atoms with Crippen LogP contribution in [0.15, 0.2) is 30.3 Å². The fourth-order valence-electron chi connectivity index (χ4n) is 1.50. The highest BCUT2D eigenvalue weighted by Crippen LogP contribution is 1.97. The van der Waals surface area contributed by atoms with Gasteiger partial charge in [0.25, 0.3) is 5.91 Å². The van der Waals surface area contributed by atoms with Crippen LogP contribution in [0.5, 0.6) is 0 Å². The first-order valence-electron chi connectivity index (χ1n) is 6.52. The van der Waals surface area contributed by atoms with E-state index in [2.05, 4.69) is 10.6 Å². The van der Waals surface area contributed by atoms with Gasteiger partial charge in [0, 0.05) is 25.1 Å². The maximum absolute atomic E-state index is 11.7. The van der Waals surface area contributed by atoms with Crippen molar-refractivity contribution in [3.63, 3.8) is 0 Å². The number of carbonyl (C=O) groups is 2. The number of rotatable bonds is 9. The summed E-state index contributed by atoms with van der Waals surface area (Å²) in [7, 11) is 0. The topological polar surface area (TPSA) is 87.7 Å². The third-order valence-electron chi connectivity index (χ3n) is 2.48. The number of aliphatic hydroxyl groups excluding tert-OH is 1. The van der Waals surface area contributed by atoms with Gasteiger partial charge in [0.1, 0.15) is 0 Å². The number of ether oxygens (including phenoxy) is 1. The SMILES string of the molecule is O=C(CCNC(=O)c1ccccc1)NCCOCCO. The van der Waals surface area contributed by atoms with Crippen LogP contribution in [0.25, 0.3) is 0 Å². The van der Waals surface area contributed by atoms with E-state index in [0.717, 1.165) is 0 Å². The highest BCUT2D eigenvalue weighted by atomic mass is 16.5. The van der Waals surface area contributed by atoms with E-state index in [1.807, 2.05) is 6.07 Å². The van der Waals surface area contributed by atoms with E-state index in [4.69, 9.17) is 9.84 Å². The van der Waals surface area contributed by atoms with E-state index >= 15 is 0 Å². The van der Waals surface area contributed by atoms with Gasteiger partial charge in [0.2, 0.25) is 5.91 Å². The third kappa shape index (κ3) is 6.86. The van der Waals surface area contributed by atoms with E-state index in [1.54, 1.807) is 24.3 Å². The standard InChI is InChI=1S/C14H20N2O4/c17-9-11-20-10-8-15-13(18)6-7-16-14(19)12-4-2-1-3-5-12/h1-5,17H,6-11H2,(H,15,18)(H,16,19). The number of aliphatic hydroxyl groups is 1. The van der Waals surface area contributed by atoms with Gasteiger partial charge in [0.15, 0.2) is 0 Å². The van der Waals surface area contributed by atoms with Crippen LogP contribution in [-0.2, 0) is 9.53 Å². The second-order valence-corrected chi connectivity index (χ2v) is 4.06. The van der Waals surface area contributed by atoms with Crippen molar-refractivity contribution in [2.75, 3.05) is 32.9 Å². The van der Waals surface area contributed by atoms with Crippen molar-refractivity contribution in [1.29, 1.82) is 0 Å². The fourth-order valence-corrected chi connectivity index (χ4v) is 1.50. The van der Waals surface area contributed by atoms with E-state index < -0.39 is 0 Å². The Morgan fingerprint density at radius 3 is 2.50 bits per heavy atom. The second-order valence-electron chi connectivity index (χ2n) is 4.06. The molecule has 0 aliphatic rings. The Morgan fingerprint density at radius 1 is 1.05 bits per heavy atom. The maximum Gasteiger partial charge on any atom is 0.251 e. The van der Waals surface area contributed by atoms with E-state index in [0.29, 0.717) is 18.7 Å². The lowest BCUT2D eigenvalue weighted by molar-refractivity contribution is -0.121. The minimum Gasteiger partial charge on any atom is -0.394 e. The van der Waals surface area contributed by atoms with Crippen molar-refractivity contribution in [3.8, 4) is 0 Å². The number of nitrogens with one attached hydrogen (secondary N) is 2. The van der Waals surface area contributed by atoms with Crippen LogP contribution in [0.1, 0.15) is 16.8 Å². The van der Waals surface area contributed by atoms with Crippen LogP contribution < -0.4 is 10.6 Å². The van der Waals surface area contributed by atoms with Crippen molar-refractivity contribution in [2.45, 2.75) is 6.42 Å². The molecule has 0 aliphatic heterocycles. The van der Waals surface area contributed by atoms with Crippen LogP contribution in [0.2, 0.25) is 0 Å². The summed E-state index contributed by atoms with van der Waals surface area (Å²) in [6.45, 7) is 1.29. The van der Waals surface area contributed by atoms with Crippen LogP contribution in [0, 0.1) is 0 Å². The lowest BCUT2D eigenvalue weighted by Gasteiger charge is -2.07. The monoisotopic (exact) mass is 280 g/mol.